The zero-order chi connectivity index (χ0) is 22.5. The average Bonchev–Trinajstić information content (AvgIpc) is 3.33. The first-order valence-corrected chi connectivity index (χ1v) is 10.8. The van der Waals surface area contributed by atoms with Crippen LogP contribution in [-0.4, -0.2) is 78.1 Å². The highest BCUT2D eigenvalue weighted by Crippen LogP contribution is 2.30. The van der Waals surface area contributed by atoms with Gasteiger partial charge in [0.05, 0.1) is 37.6 Å². The summed E-state index contributed by atoms with van der Waals surface area (Å²) in [5.74, 6) is 1.71. The molecule has 1 atom stereocenters. The number of aryl methyl sites for hydroxylation is 1. The van der Waals surface area contributed by atoms with Gasteiger partial charge in [0.25, 0.3) is 11.8 Å². The Labute approximate surface area is 187 Å². The molecule has 9 nitrogen and oxygen atoms in total. The van der Waals surface area contributed by atoms with E-state index in [0.29, 0.717) is 55.7 Å². The summed E-state index contributed by atoms with van der Waals surface area (Å²) in [5, 5.41) is 0. The number of amides is 2. The molecule has 2 aliphatic rings. The van der Waals surface area contributed by atoms with Crippen LogP contribution in [0.4, 0.5) is 0 Å². The predicted octanol–water partition coefficient (Wildman–Crippen LogP) is 2.01. The highest BCUT2D eigenvalue weighted by Gasteiger charge is 2.33. The highest BCUT2D eigenvalue weighted by molar-refractivity contribution is 5.95. The van der Waals surface area contributed by atoms with Crippen LogP contribution in [0.25, 0.3) is 0 Å². The normalized spacial score (nSPS) is 18.5. The summed E-state index contributed by atoms with van der Waals surface area (Å²) in [5.41, 5.74) is 1.12. The van der Waals surface area contributed by atoms with Gasteiger partial charge >= 0.3 is 0 Å². The molecule has 170 valence electrons. The number of aromatic nitrogens is 2. The number of hydrogen-bond acceptors (Lipinski definition) is 7. The van der Waals surface area contributed by atoms with Crippen molar-refractivity contribution in [3.05, 3.63) is 47.5 Å². The Morgan fingerprint density at radius 3 is 2.53 bits per heavy atom. The van der Waals surface area contributed by atoms with Crippen LogP contribution in [0.1, 0.15) is 40.8 Å². The van der Waals surface area contributed by atoms with E-state index in [4.69, 9.17) is 14.2 Å². The van der Waals surface area contributed by atoms with Crippen LogP contribution >= 0.6 is 0 Å². The largest absolute Gasteiger partial charge is 0.497 e. The molecule has 32 heavy (non-hydrogen) atoms. The third-order valence-electron chi connectivity index (χ3n) is 5.82. The number of carbonyl (C=O) groups is 2. The Kier molecular flexibility index (Phi) is 6.84. The molecular formula is C23H28N4O5. The summed E-state index contributed by atoms with van der Waals surface area (Å²) in [7, 11) is 1.60. The molecule has 2 aliphatic heterocycles. The van der Waals surface area contributed by atoms with E-state index in [1.807, 2.05) is 6.92 Å². The number of hydrogen-bond donors (Lipinski definition) is 0. The van der Waals surface area contributed by atoms with Crippen molar-refractivity contribution in [1.29, 1.82) is 0 Å². The standard InChI is InChI=1S/C23H28N4O5/c1-16-19(23(29)26-10-12-31-13-11-26)14-24-22(25-16)20-4-3-9-27(20)21(28)15-32-18-7-5-17(30-2)6-8-18/h5-8,14,20H,3-4,9-13,15H2,1-2H3/t20-/m1/s1. The van der Waals surface area contributed by atoms with Crippen molar-refractivity contribution in [1.82, 2.24) is 19.8 Å². The fraction of sp³-hybridized carbons (Fsp3) is 0.478. The van der Waals surface area contributed by atoms with Gasteiger partial charge in [-0.15, -0.1) is 0 Å². The van der Waals surface area contributed by atoms with E-state index in [9.17, 15) is 9.59 Å². The summed E-state index contributed by atoms with van der Waals surface area (Å²) in [6.45, 7) is 4.61. The second kappa shape index (κ2) is 9.95. The van der Waals surface area contributed by atoms with Crippen molar-refractivity contribution in [2.75, 3.05) is 46.6 Å². The first-order valence-electron chi connectivity index (χ1n) is 10.8. The number of nitrogens with zero attached hydrogens (tertiary/aromatic N) is 4. The van der Waals surface area contributed by atoms with E-state index in [1.54, 1.807) is 47.4 Å². The van der Waals surface area contributed by atoms with Crippen LogP contribution in [0.15, 0.2) is 30.5 Å². The van der Waals surface area contributed by atoms with Gasteiger partial charge in [0.2, 0.25) is 0 Å². The van der Waals surface area contributed by atoms with Crippen LogP contribution in [0, 0.1) is 6.92 Å². The molecule has 2 amide bonds. The number of rotatable bonds is 6. The maximum atomic E-state index is 12.8. The minimum atomic E-state index is -0.215. The van der Waals surface area contributed by atoms with E-state index in [1.165, 1.54) is 0 Å². The SMILES string of the molecule is COc1ccc(OCC(=O)N2CCC[C@@H]2c2ncc(C(=O)N3CCOCC3)c(C)n2)cc1. The Morgan fingerprint density at radius 2 is 1.84 bits per heavy atom. The first-order chi connectivity index (χ1) is 15.6. The van der Waals surface area contributed by atoms with Crippen molar-refractivity contribution < 1.29 is 23.8 Å². The monoisotopic (exact) mass is 440 g/mol. The Bertz CT molecular complexity index is 959. The van der Waals surface area contributed by atoms with Crippen LogP contribution in [0.5, 0.6) is 11.5 Å². The topological polar surface area (TPSA) is 94.1 Å². The zero-order valence-corrected chi connectivity index (χ0v) is 18.5. The van der Waals surface area contributed by atoms with Crippen molar-refractivity contribution in [3.8, 4) is 11.5 Å². The lowest BCUT2D eigenvalue weighted by molar-refractivity contribution is -0.134. The van der Waals surface area contributed by atoms with E-state index < -0.39 is 0 Å². The first kappa shape index (κ1) is 22.0. The molecule has 1 aromatic carbocycles. The second-order valence-electron chi connectivity index (χ2n) is 7.84. The van der Waals surface area contributed by atoms with Gasteiger partial charge in [-0.05, 0) is 44.0 Å². The zero-order valence-electron chi connectivity index (χ0n) is 18.5. The van der Waals surface area contributed by atoms with Gasteiger partial charge in [0, 0.05) is 25.8 Å². The Balaban J connectivity index is 1.41. The van der Waals surface area contributed by atoms with Gasteiger partial charge in [-0.25, -0.2) is 9.97 Å². The van der Waals surface area contributed by atoms with Crippen molar-refractivity contribution in [2.45, 2.75) is 25.8 Å². The van der Waals surface area contributed by atoms with Crippen molar-refractivity contribution >= 4 is 11.8 Å². The molecule has 9 heteroatoms. The molecule has 0 radical (unpaired) electrons. The number of likely N-dealkylation sites (tertiary alicyclic amines) is 1. The highest BCUT2D eigenvalue weighted by atomic mass is 16.5. The van der Waals surface area contributed by atoms with E-state index in [0.717, 1.165) is 18.6 Å². The number of methoxy groups -OCH3 is 1. The van der Waals surface area contributed by atoms with Gasteiger partial charge in [-0.2, -0.15) is 0 Å². The molecule has 0 bridgehead atoms. The van der Waals surface area contributed by atoms with E-state index in [2.05, 4.69) is 9.97 Å². The van der Waals surface area contributed by atoms with Gasteiger partial charge in [-0.3, -0.25) is 9.59 Å². The lowest BCUT2D eigenvalue weighted by Gasteiger charge is -2.27. The quantitative estimate of drug-likeness (QED) is 0.678. The molecule has 0 spiro atoms. The molecule has 4 rings (SSSR count). The minimum absolute atomic E-state index is 0.0601. The van der Waals surface area contributed by atoms with Crippen LogP contribution in [0.3, 0.4) is 0 Å². The summed E-state index contributed by atoms with van der Waals surface area (Å²) in [6, 6.07) is 6.89. The number of benzene rings is 1. The molecule has 0 saturated carbocycles. The number of ether oxygens (including phenoxy) is 3. The molecule has 2 aromatic rings. The molecule has 0 aliphatic carbocycles. The van der Waals surface area contributed by atoms with E-state index in [-0.39, 0.29) is 24.5 Å². The third kappa shape index (κ3) is 4.83. The van der Waals surface area contributed by atoms with E-state index >= 15 is 0 Å². The van der Waals surface area contributed by atoms with Crippen LogP contribution < -0.4 is 9.47 Å². The van der Waals surface area contributed by atoms with Crippen molar-refractivity contribution in [3.63, 3.8) is 0 Å². The lowest BCUT2D eigenvalue weighted by Crippen LogP contribution is -2.41. The van der Waals surface area contributed by atoms with Crippen molar-refractivity contribution in [2.24, 2.45) is 0 Å². The fourth-order valence-electron chi connectivity index (χ4n) is 4.03. The molecule has 1 aromatic heterocycles. The van der Waals surface area contributed by atoms with Crippen LogP contribution in [0.2, 0.25) is 0 Å². The average molecular weight is 441 g/mol. The Hall–Kier alpha value is -3.20. The maximum absolute atomic E-state index is 12.8. The summed E-state index contributed by atoms with van der Waals surface area (Å²) >= 11 is 0. The maximum Gasteiger partial charge on any atom is 0.261 e. The Morgan fingerprint density at radius 1 is 1.12 bits per heavy atom. The summed E-state index contributed by atoms with van der Waals surface area (Å²) in [4.78, 5) is 38.2. The molecule has 3 heterocycles. The second-order valence-corrected chi connectivity index (χ2v) is 7.84. The van der Waals surface area contributed by atoms with Crippen LogP contribution in [-0.2, 0) is 9.53 Å². The molecule has 2 fully saturated rings. The summed E-state index contributed by atoms with van der Waals surface area (Å²) in [6.07, 6.45) is 3.24. The minimum Gasteiger partial charge on any atom is -0.497 e. The number of carbonyl (C=O) groups excluding carboxylic acids is 2. The molecular weight excluding hydrogens is 412 g/mol. The van der Waals surface area contributed by atoms with Gasteiger partial charge in [0.1, 0.15) is 11.5 Å². The van der Waals surface area contributed by atoms with Gasteiger partial charge in [-0.1, -0.05) is 0 Å². The van der Waals surface area contributed by atoms with Gasteiger partial charge in [0.15, 0.2) is 12.4 Å². The molecule has 0 N–H and O–H groups in total. The predicted molar refractivity (Wildman–Crippen MR) is 116 cm³/mol. The smallest absolute Gasteiger partial charge is 0.261 e. The third-order valence-corrected chi connectivity index (χ3v) is 5.82. The lowest BCUT2D eigenvalue weighted by atomic mass is 10.1. The fourth-order valence-corrected chi connectivity index (χ4v) is 4.03. The van der Waals surface area contributed by atoms with Gasteiger partial charge < -0.3 is 24.0 Å². The summed E-state index contributed by atoms with van der Waals surface area (Å²) < 4.78 is 16.1. The number of morpholine rings is 1. The molecule has 2 saturated heterocycles. The molecule has 0 unspecified atom stereocenters.